The molecule has 0 atom stereocenters. The first-order valence-electron chi connectivity index (χ1n) is 15.1. The van der Waals surface area contributed by atoms with Crippen molar-refractivity contribution in [3.05, 3.63) is 150 Å². The smallest absolute Gasteiger partial charge is 0.267 e. The van der Waals surface area contributed by atoms with E-state index in [-0.39, 0.29) is 17.4 Å². The number of halogens is 1. The molecule has 0 spiro atoms. The molecule has 2 amide bonds. The Morgan fingerprint density at radius 2 is 1.55 bits per heavy atom. The van der Waals surface area contributed by atoms with Gasteiger partial charge in [0, 0.05) is 41.3 Å². The molecule has 7 aromatic rings. The lowest BCUT2D eigenvalue weighted by Crippen LogP contribution is -2.27. The summed E-state index contributed by atoms with van der Waals surface area (Å²) < 4.78 is 27.2. The number of amides is 2. The third-order valence-corrected chi connectivity index (χ3v) is 7.58. The molecule has 0 saturated heterocycles. The second-order valence-corrected chi connectivity index (χ2v) is 10.9. The predicted molar refractivity (Wildman–Crippen MR) is 183 cm³/mol. The zero-order valence-corrected chi connectivity index (χ0v) is 25.9. The highest BCUT2D eigenvalue weighted by atomic mass is 19.1. The number of nitrogens with zero attached hydrogens (tertiary/aromatic N) is 3. The van der Waals surface area contributed by atoms with E-state index in [1.54, 1.807) is 36.4 Å². The minimum Gasteiger partial charge on any atom is -0.438 e. The maximum absolute atomic E-state index is 13.4. The molecule has 0 aliphatic carbocycles. The monoisotopic (exact) mass is 651 g/mol. The fourth-order valence-corrected chi connectivity index (χ4v) is 5.40. The van der Waals surface area contributed by atoms with Gasteiger partial charge < -0.3 is 19.8 Å². The molecule has 49 heavy (non-hydrogen) atoms. The van der Waals surface area contributed by atoms with Gasteiger partial charge in [-0.15, -0.1) is 0 Å². The van der Waals surface area contributed by atoms with E-state index in [1.165, 1.54) is 54.3 Å². The van der Waals surface area contributed by atoms with E-state index in [4.69, 9.17) is 9.15 Å². The first-order chi connectivity index (χ1) is 23.8. The molecule has 0 unspecified atom stereocenters. The van der Waals surface area contributed by atoms with Crippen LogP contribution in [-0.4, -0.2) is 26.3 Å². The number of ether oxygens (including phenoxy) is 1. The first-order valence-corrected chi connectivity index (χ1v) is 15.1. The highest BCUT2D eigenvalue weighted by Gasteiger charge is 2.24. The number of pyridine rings is 1. The van der Waals surface area contributed by atoms with Gasteiger partial charge in [0.05, 0.1) is 0 Å². The van der Waals surface area contributed by atoms with Gasteiger partial charge in [0.1, 0.15) is 34.6 Å². The average molecular weight is 652 g/mol. The van der Waals surface area contributed by atoms with Gasteiger partial charge in [-0.25, -0.2) is 14.4 Å². The number of furan rings is 1. The summed E-state index contributed by atoms with van der Waals surface area (Å²) in [5.41, 5.74) is 3.39. The second kappa shape index (κ2) is 13.1. The molecule has 0 aliphatic rings. The van der Waals surface area contributed by atoms with Crippen LogP contribution < -0.4 is 20.9 Å². The summed E-state index contributed by atoms with van der Waals surface area (Å²) >= 11 is 0. The number of anilines is 2. The summed E-state index contributed by atoms with van der Waals surface area (Å²) in [6.07, 6.45) is 2.86. The van der Waals surface area contributed by atoms with Crippen LogP contribution >= 0.6 is 0 Å². The summed E-state index contributed by atoms with van der Waals surface area (Å²) in [6.45, 7) is 1.44. The van der Waals surface area contributed by atoms with Gasteiger partial charge in [-0.1, -0.05) is 42.5 Å². The van der Waals surface area contributed by atoms with Crippen molar-refractivity contribution in [1.29, 1.82) is 0 Å². The molecule has 0 aliphatic heterocycles. The Bertz CT molecular complexity index is 2390. The Kier molecular flexibility index (Phi) is 8.21. The van der Waals surface area contributed by atoms with E-state index in [2.05, 4.69) is 20.6 Å². The van der Waals surface area contributed by atoms with E-state index in [9.17, 15) is 18.8 Å². The Morgan fingerprint density at radius 1 is 0.796 bits per heavy atom. The van der Waals surface area contributed by atoms with Crippen LogP contribution in [0.2, 0.25) is 0 Å². The number of carbonyl (C=O) groups is 2. The van der Waals surface area contributed by atoms with Gasteiger partial charge in [-0.3, -0.25) is 19.0 Å². The van der Waals surface area contributed by atoms with E-state index < -0.39 is 17.3 Å². The van der Waals surface area contributed by atoms with E-state index in [0.717, 1.165) is 11.1 Å². The second-order valence-electron chi connectivity index (χ2n) is 10.9. The normalized spacial score (nSPS) is 10.9. The number of fused-ring (bicyclic) bond motifs is 1. The van der Waals surface area contributed by atoms with Crippen molar-refractivity contribution in [1.82, 2.24) is 14.5 Å². The van der Waals surface area contributed by atoms with Crippen molar-refractivity contribution in [3.8, 4) is 39.8 Å². The van der Waals surface area contributed by atoms with Crippen molar-refractivity contribution in [3.63, 3.8) is 0 Å². The van der Waals surface area contributed by atoms with E-state index >= 15 is 0 Å². The quantitative estimate of drug-likeness (QED) is 0.171. The van der Waals surface area contributed by atoms with Crippen LogP contribution in [0, 0.1) is 5.82 Å². The molecule has 10 nitrogen and oxygen atoms in total. The van der Waals surface area contributed by atoms with Gasteiger partial charge >= 0.3 is 0 Å². The molecule has 3 aromatic heterocycles. The van der Waals surface area contributed by atoms with Crippen molar-refractivity contribution >= 4 is 34.3 Å². The minimum absolute atomic E-state index is 0.0835. The van der Waals surface area contributed by atoms with Crippen LogP contribution in [0.1, 0.15) is 17.3 Å². The standard InChI is InChI=1S/C38H26FN5O5/c1-23(45)42-28-10-5-9-25(21-28)32-33-36(40-22-41-37(33)49-34(32)24-7-3-2-4-8-24)48-30-18-14-27(15-19-30)43-35(46)31-11-6-20-44(38(31)47)29-16-12-26(39)13-17-29/h2-22H,1H3,(H,42,45)(H,43,46). The van der Waals surface area contributed by atoms with Gasteiger partial charge in [0.2, 0.25) is 17.5 Å². The molecular formula is C38H26FN5O5. The van der Waals surface area contributed by atoms with Crippen LogP contribution in [0.25, 0.3) is 39.2 Å². The number of hydrogen-bond acceptors (Lipinski definition) is 7. The Balaban J connectivity index is 1.19. The van der Waals surface area contributed by atoms with E-state index in [1.807, 2.05) is 48.5 Å². The maximum atomic E-state index is 13.4. The molecule has 0 saturated carbocycles. The molecule has 2 N–H and O–H groups in total. The fourth-order valence-electron chi connectivity index (χ4n) is 5.40. The SMILES string of the molecule is CC(=O)Nc1cccc(-c2c(-c3ccccc3)oc3ncnc(Oc4ccc(NC(=O)c5cccn(-c6ccc(F)cc6)c5=O)cc4)c23)c1. The molecule has 0 fully saturated rings. The number of nitrogens with one attached hydrogen (secondary N) is 2. The lowest BCUT2D eigenvalue weighted by molar-refractivity contribution is -0.114. The number of hydrogen-bond donors (Lipinski definition) is 2. The molecule has 0 radical (unpaired) electrons. The van der Waals surface area contributed by atoms with E-state index in [0.29, 0.717) is 45.2 Å². The van der Waals surface area contributed by atoms with Crippen LogP contribution in [0.4, 0.5) is 15.8 Å². The summed E-state index contributed by atoms with van der Waals surface area (Å²) in [6, 6.07) is 31.9. The van der Waals surface area contributed by atoms with Gasteiger partial charge in [-0.2, -0.15) is 0 Å². The largest absolute Gasteiger partial charge is 0.438 e. The first kappa shape index (κ1) is 30.8. The Morgan fingerprint density at radius 3 is 2.31 bits per heavy atom. The highest BCUT2D eigenvalue weighted by Crippen LogP contribution is 2.44. The van der Waals surface area contributed by atoms with Crippen molar-refractivity contribution in [2.45, 2.75) is 6.92 Å². The molecular weight excluding hydrogens is 625 g/mol. The minimum atomic E-state index is -0.606. The lowest BCUT2D eigenvalue weighted by Gasteiger charge is -2.11. The van der Waals surface area contributed by atoms with Crippen LogP contribution in [0.3, 0.4) is 0 Å². The number of rotatable bonds is 8. The molecule has 0 bridgehead atoms. The Hall–Kier alpha value is -6.88. The molecule has 4 aromatic carbocycles. The topological polar surface area (TPSA) is 128 Å². The number of carbonyl (C=O) groups excluding carboxylic acids is 2. The zero-order valence-electron chi connectivity index (χ0n) is 25.9. The summed E-state index contributed by atoms with van der Waals surface area (Å²) in [5, 5.41) is 6.09. The third kappa shape index (κ3) is 6.41. The zero-order chi connectivity index (χ0) is 33.9. The van der Waals surface area contributed by atoms with Crippen molar-refractivity contribution in [2.24, 2.45) is 0 Å². The number of aromatic nitrogens is 3. The molecule has 7 rings (SSSR count). The molecule has 3 heterocycles. The van der Waals surface area contributed by atoms with Gasteiger partial charge in [-0.05, 0) is 78.4 Å². The Labute approximate surface area is 278 Å². The maximum Gasteiger partial charge on any atom is 0.267 e. The van der Waals surface area contributed by atoms with Gasteiger partial charge in [0.25, 0.3) is 11.5 Å². The van der Waals surface area contributed by atoms with Crippen molar-refractivity contribution < 1.29 is 23.1 Å². The summed E-state index contributed by atoms with van der Waals surface area (Å²) in [5.74, 6) is -0.0349. The van der Waals surface area contributed by atoms with Crippen molar-refractivity contribution in [2.75, 3.05) is 10.6 Å². The van der Waals surface area contributed by atoms with Crippen LogP contribution in [-0.2, 0) is 4.79 Å². The number of benzene rings is 4. The summed E-state index contributed by atoms with van der Waals surface area (Å²) in [7, 11) is 0. The lowest BCUT2D eigenvalue weighted by atomic mass is 9.99. The predicted octanol–water partition coefficient (Wildman–Crippen LogP) is 7.85. The third-order valence-electron chi connectivity index (χ3n) is 7.58. The summed E-state index contributed by atoms with van der Waals surface area (Å²) in [4.78, 5) is 46.8. The highest BCUT2D eigenvalue weighted by molar-refractivity contribution is 6.05. The van der Waals surface area contributed by atoms with Crippen LogP contribution in [0.15, 0.2) is 137 Å². The molecule has 240 valence electrons. The van der Waals surface area contributed by atoms with Crippen LogP contribution in [0.5, 0.6) is 11.6 Å². The van der Waals surface area contributed by atoms with Gasteiger partial charge in [0.15, 0.2) is 0 Å². The molecule has 11 heteroatoms. The average Bonchev–Trinajstić information content (AvgIpc) is 3.51. The fraction of sp³-hybridized carbons (Fsp3) is 0.0263.